The third-order valence-corrected chi connectivity index (χ3v) is 4.63. The molecule has 2 N–H and O–H groups in total. The molecule has 0 bridgehead atoms. The average molecular weight is 315 g/mol. The Morgan fingerprint density at radius 3 is 3.04 bits per heavy atom. The summed E-state index contributed by atoms with van der Waals surface area (Å²) in [4.78, 5) is 37.8. The molecule has 2 saturated heterocycles. The van der Waals surface area contributed by atoms with E-state index < -0.39 is 6.04 Å². The zero-order valence-corrected chi connectivity index (χ0v) is 12.5. The van der Waals surface area contributed by atoms with Crippen molar-refractivity contribution in [1.82, 2.24) is 15.5 Å². The molecule has 0 aliphatic carbocycles. The third-order valence-electron chi connectivity index (χ3n) is 4.63. The van der Waals surface area contributed by atoms with Gasteiger partial charge in [0.2, 0.25) is 11.8 Å². The van der Waals surface area contributed by atoms with Gasteiger partial charge in [0.05, 0.1) is 18.7 Å². The Labute approximate surface area is 133 Å². The van der Waals surface area contributed by atoms with Crippen molar-refractivity contribution in [3.8, 4) is 5.75 Å². The van der Waals surface area contributed by atoms with Crippen molar-refractivity contribution < 1.29 is 19.1 Å². The van der Waals surface area contributed by atoms with Gasteiger partial charge in [0.1, 0.15) is 11.8 Å². The quantitative estimate of drug-likeness (QED) is 0.767. The van der Waals surface area contributed by atoms with Gasteiger partial charge in [-0.2, -0.15) is 0 Å². The molecule has 2 atom stereocenters. The first-order valence-corrected chi connectivity index (χ1v) is 7.76. The zero-order chi connectivity index (χ0) is 16.0. The lowest BCUT2D eigenvalue weighted by atomic mass is 10.1. The van der Waals surface area contributed by atoms with Crippen LogP contribution in [0.1, 0.15) is 22.3 Å². The van der Waals surface area contributed by atoms with Gasteiger partial charge in [-0.25, -0.2) is 0 Å². The molecule has 0 saturated carbocycles. The second-order valence-electron chi connectivity index (χ2n) is 6.08. The molecule has 0 unspecified atom stereocenters. The highest BCUT2D eigenvalue weighted by molar-refractivity contribution is 5.98. The highest BCUT2D eigenvalue weighted by Gasteiger charge is 2.43. The van der Waals surface area contributed by atoms with Crippen molar-refractivity contribution in [3.63, 3.8) is 0 Å². The number of rotatable bonds is 2. The van der Waals surface area contributed by atoms with Crippen LogP contribution < -0.4 is 15.4 Å². The number of nitrogens with one attached hydrogen (secondary N) is 2. The number of amides is 3. The molecule has 0 aromatic heterocycles. The van der Waals surface area contributed by atoms with Gasteiger partial charge < -0.3 is 20.3 Å². The second kappa shape index (κ2) is 5.26. The van der Waals surface area contributed by atoms with Gasteiger partial charge in [-0.15, -0.1) is 0 Å². The standard InChI is InChI=1S/C16H17N3O4/c20-13-7-17-16(22)12-6-10(8-19(12)13)18-15(21)11-3-1-2-9-4-5-23-14(9)11/h1-3,10,12H,4-8H2,(H,17,22)(H,18,21)/t10-,12-/m0/s1. The summed E-state index contributed by atoms with van der Waals surface area (Å²) in [6.07, 6.45) is 1.25. The van der Waals surface area contributed by atoms with Crippen LogP contribution in [-0.4, -0.2) is 54.4 Å². The summed E-state index contributed by atoms with van der Waals surface area (Å²) in [5.74, 6) is 0.177. The molecule has 23 heavy (non-hydrogen) atoms. The number of carbonyl (C=O) groups is 3. The van der Waals surface area contributed by atoms with Crippen LogP contribution in [0.5, 0.6) is 5.75 Å². The summed E-state index contributed by atoms with van der Waals surface area (Å²) >= 11 is 0. The molecule has 2 fully saturated rings. The van der Waals surface area contributed by atoms with Crippen molar-refractivity contribution in [2.45, 2.75) is 24.9 Å². The van der Waals surface area contributed by atoms with Crippen LogP contribution in [0, 0.1) is 0 Å². The van der Waals surface area contributed by atoms with Crippen molar-refractivity contribution >= 4 is 17.7 Å². The number of para-hydroxylation sites is 1. The molecule has 7 heteroatoms. The van der Waals surface area contributed by atoms with E-state index in [0.29, 0.717) is 30.9 Å². The lowest BCUT2D eigenvalue weighted by molar-refractivity contribution is -0.143. The van der Waals surface area contributed by atoms with Crippen molar-refractivity contribution in [2.24, 2.45) is 0 Å². The fourth-order valence-corrected chi connectivity index (χ4v) is 3.50. The molecule has 0 spiro atoms. The third kappa shape index (κ3) is 2.32. The maximum atomic E-state index is 12.5. The molecule has 0 radical (unpaired) electrons. The minimum absolute atomic E-state index is 0.0377. The first-order valence-electron chi connectivity index (χ1n) is 7.76. The fourth-order valence-electron chi connectivity index (χ4n) is 3.50. The van der Waals surface area contributed by atoms with E-state index in [4.69, 9.17) is 4.74 Å². The number of ether oxygens (including phenoxy) is 1. The minimum Gasteiger partial charge on any atom is -0.492 e. The van der Waals surface area contributed by atoms with Crippen LogP contribution in [0.4, 0.5) is 0 Å². The van der Waals surface area contributed by atoms with E-state index in [2.05, 4.69) is 10.6 Å². The van der Waals surface area contributed by atoms with E-state index in [0.717, 1.165) is 12.0 Å². The molecule has 4 rings (SSSR count). The Morgan fingerprint density at radius 2 is 2.22 bits per heavy atom. The van der Waals surface area contributed by atoms with Gasteiger partial charge in [0.25, 0.3) is 5.91 Å². The Kier molecular flexibility index (Phi) is 3.21. The van der Waals surface area contributed by atoms with Crippen molar-refractivity contribution in [3.05, 3.63) is 29.3 Å². The largest absolute Gasteiger partial charge is 0.492 e. The van der Waals surface area contributed by atoms with E-state index >= 15 is 0 Å². The number of benzene rings is 1. The second-order valence-corrected chi connectivity index (χ2v) is 6.08. The summed E-state index contributed by atoms with van der Waals surface area (Å²) in [5.41, 5.74) is 1.55. The number of carbonyl (C=O) groups excluding carboxylic acids is 3. The van der Waals surface area contributed by atoms with Crippen LogP contribution in [0.2, 0.25) is 0 Å². The Hall–Kier alpha value is -2.57. The zero-order valence-electron chi connectivity index (χ0n) is 12.5. The predicted octanol–water partition coefficient (Wildman–Crippen LogP) is -0.549. The SMILES string of the molecule is O=C(N[C@H]1C[C@H]2C(=O)NCC(=O)N2C1)c1cccc2c1OCC2. The normalized spacial score (nSPS) is 25.5. The number of hydrogen-bond acceptors (Lipinski definition) is 4. The van der Waals surface area contributed by atoms with E-state index in [1.807, 2.05) is 12.1 Å². The summed E-state index contributed by atoms with van der Waals surface area (Å²) in [6, 6.07) is 4.84. The number of nitrogens with zero attached hydrogens (tertiary/aromatic N) is 1. The Bertz CT molecular complexity index is 679. The van der Waals surface area contributed by atoms with Gasteiger partial charge in [-0.3, -0.25) is 14.4 Å². The van der Waals surface area contributed by atoms with E-state index in [1.54, 1.807) is 11.0 Å². The van der Waals surface area contributed by atoms with Gasteiger partial charge in [-0.05, 0) is 18.1 Å². The predicted molar refractivity (Wildman–Crippen MR) is 80.0 cm³/mol. The maximum Gasteiger partial charge on any atom is 0.255 e. The van der Waals surface area contributed by atoms with Gasteiger partial charge in [0, 0.05) is 19.0 Å². The minimum atomic E-state index is -0.473. The van der Waals surface area contributed by atoms with Crippen LogP contribution in [0.3, 0.4) is 0 Å². The van der Waals surface area contributed by atoms with Crippen molar-refractivity contribution in [1.29, 1.82) is 0 Å². The molecule has 3 aliphatic rings. The lowest BCUT2D eigenvalue weighted by Crippen LogP contribution is -2.55. The van der Waals surface area contributed by atoms with Gasteiger partial charge in [-0.1, -0.05) is 12.1 Å². The molecule has 7 nitrogen and oxygen atoms in total. The summed E-state index contributed by atoms with van der Waals surface area (Å²) < 4.78 is 5.55. The number of fused-ring (bicyclic) bond motifs is 2. The van der Waals surface area contributed by atoms with E-state index in [1.165, 1.54) is 0 Å². The van der Waals surface area contributed by atoms with Crippen LogP contribution in [0.25, 0.3) is 0 Å². The molecule has 120 valence electrons. The first kappa shape index (κ1) is 14.0. The summed E-state index contributed by atoms with van der Waals surface area (Å²) in [5, 5.41) is 5.51. The number of piperazine rings is 1. The molecule has 3 amide bonds. The molecule has 3 heterocycles. The summed E-state index contributed by atoms with van der Waals surface area (Å²) in [7, 11) is 0. The van der Waals surface area contributed by atoms with Crippen LogP contribution in [-0.2, 0) is 16.0 Å². The molecule has 1 aromatic carbocycles. The van der Waals surface area contributed by atoms with Crippen LogP contribution in [0.15, 0.2) is 18.2 Å². The van der Waals surface area contributed by atoms with Gasteiger partial charge in [0.15, 0.2) is 0 Å². The first-order chi connectivity index (χ1) is 11.1. The van der Waals surface area contributed by atoms with E-state index in [9.17, 15) is 14.4 Å². The van der Waals surface area contributed by atoms with Crippen LogP contribution >= 0.6 is 0 Å². The smallest absolute Gasteiger partial charge is 0.255 e. The molecule has 1 aromatic rings. The monoisotopic (exact) mass is 315 g/mol. The Balaban J connectivity index is 1.49. The molecule has 3 aliphatic heterocycles. The Morgan fingerprint density at radius 1 is 1.35 bits per heavy atom. The highest BCUT2D eigenvalue weighted by atomic mass is 16.5. The van der Waals surface area contributed by atoms with E-state index in [-0.39, 0.29) is 30.3 Å². The summed E-state index contributed by atoms with van der Waals surface area (Å²) in [6.45, 7) is 1.00. The lowest BCUT2D eigenvalue weighted by Gasteiger charge is -2.28. The maximum absolute atomic E-state index is 12.5. The average Bonchev–Trinajstić information content (AvgIpc) is 3.17. The molecular weight excluding hydrogens is 298 g/mol. The molecular formula is C16H17N3O4. The highest BCUT2D eigenvalue weighted by Crippen LogP contribution is 2.30. The number of hydrogen-bond donors (Lipinski definition) is 2. The topological polar surface area (TPSA) is 87.7 Å². The fraction of sp³-hybridized carbons (Fsp3) is 0.438. The van der Waals surface area contributed by atoms with Gasteiger partial charge >= 0.3 is 0 Å². The van der Waals surface area contributed by atoms with Crippen molar-refractivity contribution in [2.75, 3.05) is 19.7 Å².